The Balaban J connectivity index is 2.55. The molecule has 0 saturated heterocycles. The maximum absolute atomic E-state index is 11.1. The molecular formula is C13H16N4OS. The molecule has 1 aromatic carbocycles. The number of benzene rings is 1. The van der Waals surface area contributed by atoms with Crippen molar-refractivity contribution in [3.05, 3.63) is 23.0 Å². The number of aromatic nitrogens is 1. The number of anilines is 1. The summed E-state index contributed by atoms with van der Waals surface area (Å²) in [6, 6.07) is 5.81. The number of rotatable bonds is 2. The average molecular weight is 276 g/mol. The second kappa shape index (κ2) is 5.36. The maximum Gasteiger partial charge on any atom is 0.221 e. The molecule has 19 heavy (non-hydrogen) atoms. The zero-order valence-electron chi connectivity index (χ0n) is 11.4. The Morgan fingerprint density at radius 2 is 2.05 bits per heavy atom. The van der Waals surface area contributed by atoms with Gasteiger partial charge in [0.1, 0.15) is 0 Å². The molecule has 6 heteroatoms. The minimum atomic E-state index is -0.0756. The summed E-state index contributed by atoms with van der Waals surface area (Å²) in [5, 5.41) is 11.1. The summed E-state index contributed by atoms with van der Waals surface area (Å²) in [4.78, 5) is 11.9. The zero-order valence-corrected chi connectivity index (χ0v) is 12.2. The third-order valence-electron chi connectivity index (χ3n) is 2.46. The van der Waals surface area contributed by atoms with Gasteiger partial charge in [-0.15, -0.1) is 5.10 Å². The van der Waals surface area contributed by atoms with E-state index in [0.717, 1.165) is 26.4 Å². The maximum atomic E-state index is 11.1. The molecule has 0 aliphatic rings. The van der Waals surface area contributed by atoms with Gasteiger partial charge in [-0.25, -0.2) is 0 Å². The van der Waals surface area contributed by atoms with Gasteiger partial charge in [-0.3, -0.25) is 4.79 Å². The first-order chi connectivity index (χ1) is 8.97. The highest BCUT2D eigenvalue weighted by Crippen LogP contribution is 2.20. The number of hydrogen-bond donors (Lipinski definition) is 1. The lowest BCUT2D eigenvalue weighted by Gasteiger charge is -2.02. The Labute approximate surface area is 115 Å². The molecule has 100 valence electrons. The number of fused-ring (bicyclic) bond motifs is 1. The minimum Gasteiger partial charge on any atom is -0.326 e. The molecule has 5 nitrogen and oxygen atoms in total. The van der Waals surface area contributed by atoms with E-state index < -0.39 is 0 Å². The van der Waals surface area contributed by atoms with Crippen LogP contribution in [0, 0.1) is 0 Å². The standard InChI is InChI=1S/C13H16N4OS/c1-8(2)15-16-13-17(4)11-7-10(14-9(3)18)5-6-12(11)19-13/h5-7H,1-4H3,(H,14,18). The fraction of sp³-hybridized carbons (Fsp3) is 0.308. The van der Waals surface area contributed by atoms with Gasteiger partial charge in [0.2, 0.25) is 10.7 Å². The highest BCUT2D eigenvalue weighted by atomic mass is 32.1. The fourth-order valence-corrected chi connectivity index (χ4v) is 2.60. The number of nitrogens with one attached hydrogen (secondary N) is 1. The molecular weight excluding hydrogens is 260 g/mol. The van der Waals surface area contributed by atoms with E-state index in [2.05, 4.69) is 15.5 Å². The van der Waals surface area contributed by atoms with Crippen LogP contribution in [0.2, 0.25) is 0 Å². The van der Waals surface area contributed by atoms with Crippen molar-refractivity contribution >= 4 is 38.9 Å². The van der Waals surface area contributed by atoms with E-state index in [4.69, 9.17) is 0 Å². The molecule has 0 radical (unpaired) electrons. The monoisotopic (exact) mass is 276 g/mol. The van der Waals surface area contributed by atoms with Crippen LogP contribution in [0.3, 0.4) is 0 Å². The van der Waals surface area contributed by atoms with Crippen LogP contribution in [0.4, 0.5) is 5.69 Å². The first-order valence-electron chi connectivity index (χ1n) is 5.89. The number of thiazole rings is 1. The van der Waals surface area contributed by atoms with Crippen LogP contribution in [0.5, 0.6) is 0 Å². The second-order valence-electron chi connectivity index (χ2n) is 4.45. The lowest BCUT2D eigenvalue weighted by Crippen LogP contribution is -2.10. The summed E-state index contributed by atoms with van der Waals surface area (Å²) in [5.74, 6) is -0.0756. The predicted octanol–water partition coefficient (Wildman–Crippen LogP) is 2.49. The quantitative estimate of drug-likeness (QED) is 0.665. The van der Waals surface area contributed by atoms with Gasteiger partial charge in [-0.1, -0.05) is 11.3 Å². The topological polar surface area (TPSA) is 58.8 Å². The lowest BCUT2D eigenvalue weighted by atomic mass is 10.3. The molecule has 1 amide bonds. The number of amides is 1. The van der Waals surface area contributed by atoms with Crippen LogP contribution in [0.15, 0.2) is 28.4 Å². The van der Waals surface area contributed by atoms with Gasteiger partial charge in [0, 0.05) is 25.4 Å². The lowest BCUT2D eigenvalue weighted by molar-refractivity contribution is -0.114. The molecule has 0 saturated carbocycles. The molecule has 1 N–H and O–H groups in total. The average Bonchev–Trinajstić information content (AvgIpc) is 2.63. The Kier molecular flexibility index (Phi) is 3.80. The van der Waals surface area contributed by atoms with Crippen LogP contribution < -0.4 is 10.1 Å². The smallest absolute Gasteiger partial charge is 0.221 e. The van der Waals surface area contributed by atoms with Gasteiger partial charge in [-0.2, -0.15) is 5.10 Å². The predicted molar refractivity (Wildman–Crippen MR) is 79.4 cm³/mol. The van der Waals surface area contributed by atoms with Crippen molar-refractivity contribution in [1.29, 1.82) is 0 Å². The molecule has 0 aliphatic carbocycles. The number of carbonyl (C=O) groups excluding carboxylic acids is 1. The highest BCUT2D eigenvalue weighted by molar-refractivity contribution is 7.16. The highest BCUT2D eigenvalue weighted by Gasteiger charge is 2.04. The molecule has 0 spiro atoms. The third kappa shape index (κ3) is 3.08. The second-order valence-corrected chi connectivity index (χ2v) is 5.46. The van der Waals surface area contributed by atoms with Gasteiger partial charge in [0.25, 0.3) is 0 Å². The largest absolute Gasteiger partial charge is 0.326 e. The van der Waals surface area contributed by atoms with Gasteiger partial charge >= 0.3 is 0 Å². The normalized spacial score (nSPS) is 11.7. The molecule has 2 aromatic rings. The Bertz CT molecular complexity index is 720. The van der Waals surface area contributed by atoms with Crippen molar-refractivity contribution < 1.29 is 4.79 Å². The van der Waals surface area contributed by atoms with Crippen molar-refractivity contribution in [2.75, 3.05) is 5.32 Å². The first-order valence-corrected chi connectivity index (χ1v) is 6.71. The summed E-state index contributed by atoms with van der Waals surface area (Å²) >= 11 is 1.57. The van der Waals surface area contributed by atoms with Crippen LogP contribution in [0.25, 0.3) is 10.2 Å². The van der Waals surface area contributed by atoms with Gasteiger partial charge in [0.15, 0.2) is 0 Å². The van der Waals surface area contributed by atoms with Crippen LogP contribution >= 0.6 is 11.3 Å². The van der Waals surface area contributed by atoms with Crippen molar-refractivity contribution in [1.82, 2.24) is 4.57 Å². The van der Waals surface area contributed by atoms with Gasteiger partial charge < -0.3 is 9.88 Å². The third-order valence-corrected chi connectivity index (χ3v) is 3.57. The zero-order chi connectivity index (χ0) is 14.0. The van der Waals surface area contributed by atoms with Crippen molar-refractivity contribution in [2.45, 2.75) is 20.8 Å². The molecule has 2 rings (SSSR count). The van der Waals surface area contributed by atoms with E-state index in [-0.39, 0.29) is 5.91 Å². The number of hydrogen-bond acceptors (Lipinski definition) is 4. The summed E-state index contributed by atoms with van der Waals surface area (Å²) in [6.45, 7) is 5.31. The van der Waals surface area contributed by atoms with E-state index >= 15 is 0 Å². The molecule has 0 aliphatic heterocycles. The van der Waals surface area contributed by atoms with E-state index in [9.17, 15) is 4.79 Å². The van der Waals surface area contributed by atoms with Crippen LogP contribution in [-0.2, 0) is 11.8 Å². The Morgan fingerprint density at radius 3 is 2.68 bits per heavy atom. The van der Waals surface area contributed by atoms with Crippen molar-refractivity contribution in [2.24, 2.45) is 17.3 Å². The molecule has 0 atom stereocenters. The van der Waals surface area contributed by atoms with Crippen LogP contribution in [-0.4, -0.2) is 16.2 Å². The molecule has 0 bridgehead atoms. The van der Waals surface area contributed by atoms with Gasteiger partial charge in [0.05, 0.1) is 10.2 Å². The Morgan fingerprint density at radius 1 is 1.32 bits per heavy atom. The SMILES string of the molecule is CC(=O)Nc1ccc2sc(=NN=C(C)C)n(C)c2c1. The summed E-state index contributed by atoms with van der Waals surface area (Å²) in [5.41, 5.74) is 2.73. The van der Waals surface area contributed by atoms with E-state index in [1.165, 1.54) is 6.92 Å². The summed E-state index contributed by atoms with van der Waals surface area (Å²) in [6.07, 6.45) is 0. The first kappa shape index (κ1) is 13.5. The van der Waals surface area contributed by atoms with E-state index in [1.54, 1.807) is 11.3 Å². The van der Waals surface area contributed by atoms with E-state index in [1.807, 2.05) is 43.7 Å². The summed E-state index contributed by atoms with van der Waals surface area (Å²) < 4.78 is 3.08. The van der Waals surface area contributed by atoms with E-state index in [0.29, 0.717) is 0 Å². The number of carbonyl (C=O) groups is 1. The van der Waals surface area contributed by atoms with Crippen LogP contribution in [0.1, 0.15) is 20.8 Å². The fourth-order valence-electron chi connectivity index (χ4n) is 1.65. The molecule has 1 aromatic heterocycles. The molecule has 0 unspecified atom stereocenters. The van der Waals surface area contributed by atoms with Gasteiger partial charge in [-0.05, 0) is 32.0 Å². The van der Waals surface area contributed by atoms with Crippen molar-refractivity contribution in [3.63, 3.8) is 0 Å². The van der Waals surface area contributed by atoms with Crippen molar-refractivity contribution in [3.8, 4) is 0 Å². The number of nitrogens with zero attached hydrogens (tertiary/aromatic N) is 3. The molecule has 1 heterocycles. The summed E-state index contributed by atoms with van der Waals surface area (Å²) in [7, 11) is 1.94. The minimum absolute atomic E-state index is 0.0756. The number of aryl methyl sites for hydroxylation is 1. The Hall–Kier alpha value is -1.95. The molecule has 0 fully saturated rings.